The predicted octanol–water partition coefficient (Wildman–Crippen LogP) is 14.4. The Balaban J connectivity index is 1.45. The molecule has 0 amide bonds. The van der Waals surface area contributed by atoms with E-state index in [0.717, 1.165) is 0 Å². The van der Waals surface area contributed by atoms with Crippen molar-refractivity contribution in [1.29, 1.82) is 0 Å². The molecule has 3 aliphatic rings. The SMILES string of the molecule is CC(C)c1ccc2c(c1-c1ccccc1)C=C(C(C)(C)C)[CH]2[Zr]([Cl])([Cl])([c]1cccc2c1[SiH2]c1ccccc1-2)[CH]1C(C(C)(C)C)=Cc2c1ccc(C(C)C)c2-c1ccccc1. The molecule has 0 N–H and O–H groups in total. The van der Waals surface area contributed by atoms with Gasteiger partial charge in [-0.25, -0.2) is 0 Å². The van der Waals surface area contributed by atoms with Gasteiger partial charge in [-0.15, -0.1) is 0 Å². The van der Waals surface area contributed by atoms with Crippen LogP contribution in [0.15, 0.2) is 139 Å². The van der Waals surface area contributed by atoms with Crippen molar-refractivity contribution in [1.82, 2.24) is 0 Å². The molecule has 6 aromatic rings. The molecule has 0 radical (unpaired) electrons. The molecule has 0 fully saturated rings. The Morgan fingerprint density at radius 2 is 0.933 bits per heavy atom. The molecule has 0 spiro atoms. The van der Waals surface area contributed by atoms with Crippen LogP contribution >= 0.6 is 17.0 Å². The first-order chi connectivity index (χ1) is 28.4. The van der Waals surface area contributed by atoms with Gasteiger partial charge in [0.1, 0.15) is 0 Å². The van der Waals surface area contributed by atoms with Crippen molar-refractivity contribution in [2.24, 2.45) is 10.8 Å². The van der Waals surface area contributed by atoms with Crippen molar-refractivity contribution in [3.05, 3.63) is 172 Å². The van der Waals surface area contributed by atoms with Crippen LogP contribution < -0.4 is 13.6 Å². The first kappa shape index (κ1) is 41.8. The number of benzene rings is 6. The summed E-state index contributed by atoms with van der Waals surface area (Å²) in [6, 6.07) is 47.9. The summed E-state index contributed by atoms with van der Waals surface area (Å²) in [5.74, 6) is 0.687. The zero-order valence-electron chi connectivity index (χ0n) is 37.1. The van der Waals surface area contributed by atoms with Crippen molar-refractivity contribution in [2.45, 2.75) is 88.3 Å². The number of fused-ring (bicyclic) bond motifs is 5. The van der Waals surface area contributed by atoms with Gasteiger partial charge in [-0.1, -0.05) is 0 Å². The van der Waals surface area contributed by atoms with E-state index >= 15 is 0 Å². The van der Waals surface area contributed by atoms with E-state index in [-0.39, 0.29) is 18.1 Å². The second kappa shape index (κ2) is 14.8. The Bertz CT molecular complexity index is 2600. The molecule has 2 unspecified atom stereocenters. The molecule has 1 aliphatic heterocycles. The third kappa shape index (κ3) is 6.45. The average Bonchev–Trinajstić information content (AvgIpc) is 3.94. The summed E-state index contributed by atoms with van der Waals surface area (Å²) in [4.78, 5) is 0. The number of allylic oxidation sites excluding steroid dienone is 2. The maximum absolute atomic E-state index is 9.53. The van der Waals surface area contributed by atoms with Crippen molar-refractivity contribution in [2.75, 3.05) is 0 Å². The van der Waals surface area contributed by atoms with Crippen LogP contribution in [0.5, 0.6) is 0 Å². The van der Waals surface area contributed by atoms with Gasteiger partial charge in [-0.05, 0) is 0 Å². The molecule has 60 heavy (non-hydrogen) atoms. The van der Waals surface area contributed by atoms with Crippen molar-refractivity contribution in [3.8, 4) is 33.4 Å². The summed E-state index contributed by atoms with van der Waals surface area (Å²) in [5.41, 5.74) is 18.1. The van der Waals surface area contributed by atoms with Crippen LogP contribution in [-0.4, -0.2) is 9.52 Å². The zero-order chi connectivity index (χ0) is 42.5. The topological polar surface area (TPSA) is 0 Å². The Labute approximate surface area is 370 Å². The molecule has 6 aromatic carbocycles. The number of hydrogen-bond acceptors (Lipinski definition) is 0. The van der Waals surface area contributed by atoms with E-state index in [1.807, 2.05) is 0 Å². The Kier molecular flexibility index (Phi) is 10.3. The van der Waals surface area contributed by atoms with Gasteiger partial charge in [-0.2, -0.15) is 0 Å². The van der Waals surface area contributed by atoms with Crippen LogP contribution in [0.3, 0.4) is 0 Å². The molecule has 0 nitrogen and oxygen atoms in total. The van der Waals surface area contributed by atoms with Crippen molar-refractivity contribution < 1.29 is 16.4 Å². The summed E-state index contributed by atoms with van der Waals surface area (Å²) in [6.45, 7) is 23.6. The Morgan fingerprint density at radius 3 is 1.38 bits per heavy atom. The normalized spacial score (nSPS) is 18.2. The second-order valence-corrected chi connectivity index (χ2v) is 42.9. The average molecular weight is 922 g/mol. The minimum atomic E-state index is -5.81. The fourth-order valence-electron chi connectivity index (χ4n) is 11.3. The molecule has 2 aliphatic carbocycles. The van der Waals surface area contributed by atoms with Crippen molar-refractivity contribution >= 4 is 52.3 Å². The molecule has 1 heterocycles. The van der Waals surface area contributed by atoms with Crippen LogP contribution in [0.25, 0.3) is 45.5 Å². The van der Waals surface area contributed by atoms with Gasteiger partial charge in [0.05, 0.1) is 0 Å². The van der Waals surface area contributed by atoms with Gasteiger partial charge >= 0.3 is 373 Å². The summed E-state index contributed by atoms with van der Waals surface area (Å²) in [5, 5.41) is 2.95. The van der Waals surface area contributed by atoms with E-state index in [0.29, 0.717) is 11.8 Å². The van der Waals surface area contributed by atoms with E-state index in [4.69, 9.17) is 0 Å². The first-order valence-electron chi connectivity index (χ1n) is 22.1. The van der Waals surface area contributed by atoms with Crippen LogP contribution in [0.1, 0.15) is 122 Å². The van der Waals surface area contributed by atoms with Gasteiger partial charge < -0.3 is 0 Å². The fraction of sp³-hybridized carbons (Fsp3) is 0.286. The van der Waals surface area contributed by atoms with E-state index in [9.17, 15) is 17.0 Å². The molecule has 2 atom stereocenters. The van der Waals surface area contributed by atoms with Gasteiger partial charge in [0, 0.05) is 0 Å². The quantitative estimate of drug-likeness (QED) is 0.140. The van der Waals surface area contributed by atoms with Gasteiger partial charge in [0.25, 0.3) is 0 Å². The van der Waals surface area contributed by atoms with Crippen LogP contribution in [0, 0.1) is 10.8 Å². The van der Waals surface area contributed by atoms with E-state index in [2.05, 4.69) is 209 Å². The van der Waals surface area contributed by atoms with Gasteiger partial charge in [0.2, 0.25) is 0 Å². The summed E-state index contributed by atoms with van der Waals surface area (Å²) >= 11 is -5.81. The number of hydrogen-bond donors (Lipinski definition) is 0. The Morgan fingerprint density at radius 1 is 0.500 bits per heavy atom. The summed E-state index contributed by atoms with van der Waals surface area (Å²) in [6.07, 6.45) is 5.10. The molecule has 305 valence electrons. The standard InChI is InChI=1S/2C22H25.C12H9Si.2ClH.Zr/c2*1-15(2)19-12-11-17-13-18(22(3,4)5)14-20(17)21(19)16-9-7-6-8-10-16;1-3-7-11-9(5-1)10-6-2-4-8-12(10)13-11;;;/h2*6-15H,1-5H3;1-7H,13H2;2*1H;/q;;;;;+2/p-2. The van der Waals surface area contributed by atoms with Crippen LogP contribution in [0.4, 0.5) is 0 Å². The fourth-order valence-corrected chi connectivity index (χ4v) is 39.6. The molecule has 0 bridgehead atoms. The van der Waals surface area contributed by atoms with Crippen molar-refractivity contribution in [3.63, 3.8) is 0 Å². The number of halogens is 2. The first-order valence-corrected chi connectivity index (χ1v) is 33.9. The molecular weight excluding hydrogens is 863 g/mol. The molecule has 0 saturated heterocycles. The molecule has 0 saturated carbocycles. The molecule has 0 aromatic heterocycles. The molecular formula is C56H59Cl2SiZr. The summed E-state index contributed by atoms with van der Waals surface area (Å²) < 4.78 is 0.957. The zero-order valence-corrected chi connectivity index (χ0v) is 42.4. The van der Waals surface area contributed by atoms with E-state index in [1.54, 1.807) is 0 Å². The van der Waals surface area contributed by atoms with Gasteiger partial charge in [-0.3, -0.25) is 0 Å². The van der Waals surface area contributed by atoms with Crippen LogP contribution in [-0.2, 0) is 16.4 Å². The number of rotatable bonds is 7. The Hall–Kier alpha value is -3.52. The van der Waals surface area contributed by atoms with E-state index < -0.39 is 25.9 Å². The molecule has 4 heteroatoms. The maximum atomic E-state index is 9.53. The monoisotopic (exact) mass is 919 g/mol. The summed E-state index contributed by atoms with van der Waals surface area (Å²) in [7, 11) is 18.2. The molecule has 9 rings (SSSR count). The second-order valence-electron chi connectivity index (χ2n) is 20.5. The van der Waals surface area contributed by atoms with Crippen LogP contribution in [0.2, 0.25) is 0 Å². The van der Waals surface area contributed by atoms with Gasteiger partial charge in [0.15, 0.2) is 0 Å². The minimum absolute atomic E-state index is 0.163. The third-order valence-corrected chi connectivity index (χ3v) is 36.5. The predicted molar refractivity (Wildman–Crippen MR) is 263 cm³/mol. The third-order valence-electron chi connectivity index (χ3n) is 14.0. The van der Waals surface area contributed by atoms with E-state index in [1.165, 1.54) is 91.6 Å².